The second kappa shape index (κ2) is 8.73. The lowest BCUT2D eigenvalue weighted by Crippen LogP contribution is -2.27. The third kappa shape index (κ3) is 6.18. The summed E-state index contributed by atoms with van der Waals surface area (Å²) in [5.74, 6) is 6.05. The summed E-state index contributed by atoms with van der Waals surface area (Å²) in [7, 11) is 0. The predicted molar refractivity (Wildman–Crippen MR) is 80.8 cm³/mol. The Kier molecular flexibility index (Phi) is 7.28. The van der Waals surface area contributed by atoms with Crippen LogP contribution in [0.15, 0.2) is 18.2 Å². The summed E-state index contributed by atoms with van der Waals surface area (Å²) in [6.07, 6.45) is 0.417. The predicted octanol–water partition coefficient (Wildman–Crippen LogP) is 3.04. The first-order valence-corrected chi connectivity index (χ1v) is 7.16. The molecule has 0 heterocycles. The fraction of sp³-hybridized carbons (Fsp3) is 0.529. The Bertz CT molecular complexity index is 474. The van der Waals surface area contributed by atoms with Crippen LogP contribution in [-0.4, -0.2) is 29.7 Å². The van der Waals surface area contributed by atoms with Crippen LogP contribution >= 0.6 is 0 Å². The van der Waals surface area contributed by atoms with E-state index in [-0.39, 0.29) is 12.4 Å². The lowest BCUT2D eigenvalue weighted by atomic mass is 10.1. The minimum absolute atomic E-state index is 0.0349. The van der Waals surface area contributed by atoms with Gasteiger partial charge in [-0.15, -0.1) is 0 Å². The molecule has 0 unspecified atom stereocenters. The van der Waals surface area contributed by atoms with E-state index in [0.717, 1.165) is 25.2 Å². The highest BCUT2D eigenvalue weighted by atomic mass is 19.1. The third-order valence-electron chi connectivity index (χ3n) is 2.90. The largest absolute Gasteiger partial charge is 0.395 e. The summed E-state index contributed by atoms with van der Waals surface area (Å²) in [4.78, 5) is 2.30. The molecule has 0 aliphatic heterocycles. The first kappa shape index (κ1) is 16.7. The smallest absolute Gasteiger partial charge is 0.124 e. The van der Waals surface area contributed by atoms with Crippen molar-refractivity contribution in [3.63, 3.8) is 0 Å². The van der Waals surface area contributed by atoms with Crippen LogP contribution in [0.2, 0.25) is 0 Å². The van der Waals surface area contributed by atoms with Gasteiger partial charge in [0.15, 0.2) is 0 Å². The minimum Gasteiger partial charge on any atom is -0.395 e. The molecular formula is C17H24FNO. The minimum atomic E-state index is -0.253. The highest BCUT2D eigenvalue weighted by Crippen LogP contribution is 2.12. The quantitative estimate of drug-likeness (QED) is 0.808. The monoisotopic (exact) mass is 277 g/mol. The fourth-order valence-electron chi connectivity index (χ4n) is 2.11. The van der Waals surface area contributed by atoms with Crippen molar-refractivity contribution in [2.24, 2.45) is 5.92 Å². The molecule has 1 N–H and O–H groups in total. The zero-order valence-corrected chi connectivity index (χ0v) is 12.6. The Morgan fingerprint density at radius 3 is 2.65 bits per heavy atom. The Morgan fingerprint density at radius 1 is 1.30 bits per heavy atom. The maximum atomic E-state index is 13.6. The molecule has 0 aliphatic carbocycles. The van der Waals surface area contributed by atoms with E-state index in [4.69, 9.17) is 5.11 Å². The molecule has 0 spiro atoms. The van der Waals surface area contributed by atoms with Crippen LogP contribution in [0.1, 0.15) is 38.3 Å². The molecule has 0 aromatic heterocycles. The van der Waals surface area contributed by atoms with Gasteiger partial charge < -0.3 is 5.11 Å². The molecule has 110 valence electrons. The summed E-state index contributed by atoms with van der Waals surface area (Å²) >= 11 is 0. The lowest BCUT2D eigenvalue weighted by Gasteiger charge is -2.22. The third-order valence-corrected chi connectivity index (χ3v) is 2.90. The second-order valence-corrected chi connectivity index (χ2v) is 5.35. The van der Waals surface area contributed by atoms with Crippen molar-refractivity contribution >= 4 is 0 Å². The average Bonchev–Trinajstić information content (AvgIpc) is 2.37. The lowest BCUT2D eigenvalue weighted by molar-refractivity contribution is 0.248. The van der Waals surface area contributed by atoms with Gasteiger partial charge >= 0.3 is 0 Å². The number of aliphatic hydroxyl groups excluding tert-OH is 1. The van der Waals surface area contributed by atoms with Gasteiger partial charge in [-0.3, -0.25) is 4.90 Å². The number of hydrogen-bond donors (Lipinski definition) is 1. The van der Waals surface area contributed by atoms with Crippen LogP contribution in [0.25, 0.3) is 0 Å². The van der Waals surface area contributed by atoms with Crippen LogP contribution in [0.4, 0.5) is 4.39 Å². The number of benzene rings is 1. The van der Waals surface area contributed by atoms with Crippen molar-refractivity contribution in [1.29, 1.82) is 0 Å². The Balaban J connectivity index is 2.82. The topological polar surface area (TPSA) is 23.5 Å². The average molecular weight is 277 g/mol. The molecule has 1 rings (SSSR count). The van der Waals surface area contributed by atoms with Gasteiger partial charge in [0.1, 0.15) is 5.82 Å². The SMILES string of the molecule is CCN(Cc1cc(F)cc(C#CCCO)c1)CC(C)C. The van der Waals surface area contributed by atoms with E-state index in [1.807, 2.05) is 6.07 Å². The van der Waals surface area contributed by atoms with Gasteiger partial charge in [0.2, 0.25) is 0 Å². The highest BCUT2D eigenvalue weighted by molar-refractivity contribution is 5.37. The Hall–Kier alpha value is -1.37. The van der Waals surface area contributed by atoms with E-state index in [1.54, 1.807) is 6.07 Å². The second-order valence-electron chi connectivity index (χ2n) is 5.35. The number of halogens is 1. The van der Waals surface area contributed by atoms with Crippen molar-refractivity contribution in [1.82, 2.24) is 4.90 Å². The van der Waals surface area contributed by atoms with E-state index in [9.17, 15) is 4.39 Å². The highest BCUT2D eigenvalue weighted by Gasteiger charge is 2.07. The van der Waals surface area contributed by atoms with Gasteiger partial charge in [-0.2, -0.15) is 0 Å². The molecule has 0 aliphatic rings. The van der Waals surface area contributed by atoms with Crippen LogP contribution in [0.5, 0.6) is 0 Å². The maximum Gasteiger partial charge on any atom is 0.124 e. The van der Waals surface area contributed by atoms with Gasteiger partial charge in [-0.05, 0) is 36.2 Å². The van der Waals surface area contributed by atoms with Crippen molar-refractivity contribution in [2.45, 2.75) is 33.7 Å². The zero-order valence-electron chi connectivity index (χ0n) is 12.6. The molecule has 0 radical (unpaired) electrons. The molecule has 0 saturated heterocycles. The van der Waals surface area contributed by atoms with E-state index in [2.05, 4.69) is 37.5 Å². The molecule has 2 nitrogen and oxygen atoms in total. The van der Waals surface area contributed by atoms with E-state index in [0.29, 0.717) is 17.9 Å². The number of rotatable bonds is 6. The van der Waals surface area contributed by atoms with Crippen molar-refractivity contribution in [3.05, 3.63) is 35.1 Å². The molecule has 0 fully saturated rings. The molecule has 20 heavy (non-hydrogen) atoms. The zero-order chi connectivity index (χ0) is 15.0. The summed E-state index contributed by atoms with van der Waals surface area (Å²) in [6.45, 7) is 9.19. The molecule has 0 saturated carbocycles. The molecule has 0 amide bonds. The van der Waals surface area contributed by atoms with E-state index < -0.39 is 0 Å². The molecule has 1 aromatic carbocycles. The van der Waals surface area contributed by atoms with Crippen LogP contribution in [0, 0.1) is 23.6 Å². The van der Waals surface area contributed by atoms with Crippen molar-refractivity contribution in [3.8, 4) is 11.8 Å². The van der Waals surface area contributed by atoms with Crippen LogP contribution in [0.3, 0.4) is 0 Å². The van der Waals surface area contributed by atoms with Gasteiger partial charge in [0, 0.05) is 25.1 Å². The number of hydrogen-bond acceptors (Lipinski definition) is 2. The summed E-state index contributed by atoms with van der Waals surface area (Å²) in [6, 6.07) is 4.93. The van der Waals surface area contributed by atoms with Gasteiger partial charge in [0.25, 0.3) is 0 Å². The van der Waals surface area contributed by atoms with Gasteiger partial charge in [0.05, 0.1) is 6.61 Å². The van der Waals surface area contributed by atoms with E-state index >= 15 is 0 Å². The van der Waals surface area contributed by atoms with Gasteiger partial charge in [-0.25, -0.2) is 4.39 Å². The molecule has 0 atom stereocenters. The Morgan fingerprint density at radius 2 is 2.05 bits per heavy atom. The van der Waals surface area contributed by atoms with Crippen molar-refractivity contribution in [2.75, 3.05) is 19.7 Å². The molecular weight excluding hydrogens is 253 g/mol. The molecule has 0 bridgehead atoms. The summed E-state index contributed by atoms with van der Waals surface area (Å²) in [5, 5.41) is 8.70. The van der Waals surface area contributed by atoms with E-state index in [1.165, 1.54) is 6.07 Å². The first-order valence-electron chi connectivity index (χ1n) is 7.16. The fourth-order valence-corrected chi connectivity index (χ4v) is 2.11. The number of nitrogens with zero attached hydrogens (tertiary/aromatic N) is 1. The normalized spacial score (nSPS) is 10.8. The van der Waals surface area contributed by atoms with Crippen LogP contribution < -0.4 is 0 Å². The maximum absolute atomic E-state index is 13.6. The Labute approximate surface area is 121 Å². The van der Waals surface area contributed by atoms with Crippen LogP contribution in [-0.2, 0) is 6.54 Å². The van der Waals surface area contributed by atoms with Gasteiger partial charge in [-0.1, -0.05) is 32.6 Å². The number of aliphatic hydroxyl groups is 1. The summed E-state index contributed by atoms with van der Waals surface area (Å²) < 4.78 is 13.6. The summed E-state index contributed by atoms with van der Waals surface area (Å²) in [5.41, 5.74) is 1.62. The first-order chi connectivity index (χ1) is 9.55. The molecule has 1 aromatic rings. The molecule has 3 heteroatoms. The van der Waals surface area contributed by atoms with Crippen molar-refractivity contribution < 1.29 is 9.50 Å². The standard InChI is InChI=1S/C17H24FNO/c1-4-19(12-14(2)3)13-16-9-15(7-5-6-8-20)10-17(18)11-16/h9-11,14,20H,4,6,8,12-13H2,1-3H3.